The maximum atomic E-state index is 11.9. The molecule has 0 saturated carbocycles. The Morgan fingerprint density at radius 3 is 3.05 bits per heavy atom. The van der Waals surface area contributed by atoms with E-state index in [4.69, 9.17) is 10.5 Å². The second-order valence-corrected chi connectivity index (χ2v) is 5.66. The summed E-state index contributed by atoms with van der Waals surface area (Å²) in [5.74, 6) is 0.791. The number of anilines is 2. The lowest BCUT2D eigenvalue weighted by atomic mass is 9.94. The van der Waals surface area contributed by atoms with Crippen LogP contribution in [0, 0.1) is 5.92 Å². The summed E-state index contributed by atoms with van der Waals surface area (Å²) in [6, 6.07) is 2.03. The van der Waals surface area contributed by atoms with Gasteiger partial charge in [-0.15, -0.1) is 0 Å². The number of nitrogen functional groups attached to an aromatic ring is 1. The van der Waals surface area contributed by atoms with Crippen LogP contribution < -0.4 is 11.1 Å². The summed E-state index contributed by atoms with van der Waals surface area (Å²) in [4.78, 5) is 18.4. The molecule has 0 spiro atoms. The minimum atomic E-state index is -0.406. The number of nitrogens with zero attached hydrogens (tertiary/aromatic N) is 2. The van der Waals surface area contributed by atoms with Gasteiger partial charge < -0.3 is 20.7 Å². The SMILES string of the molecule is CCOC(=O)c1cc(NC2CCN(C)CC2C)ncc1N. The Bertz CT molecular complexity index is 506. The van der Waals surface area contributed by atoms with Gasteiger partial charge >= 0.3 is 5.97 Å². The number of likely N-dealkylation sites (tertiary alicyclic amines) is 1. The standard InChI is InChI=1S/C15H24N4O2/c1-4-21-15(20)11-7-14(17-8-12(11)16)18-13-5-6-19(3)9-10(13)2/h7-8,10,13H,4-6,9,16H2,1-3H3,(H,17,18). The fourth-order valence-electron chi connectivity index (χ4n) is 2.69. The molecule has 1 fully saturated rings. The molecule has 1 aromatic rings. The second kappa shape index (κ2) is 6.76. The highest BCUT2D eigenvalue weighted by Crippen LogP contribution is 2.22. The second-order valence-electron chi connectivity index (χ2n) is 5.66. The van der Waals surface area contributed by atoms with Crippen LogP contribution in [0.3, 0.4) is 0 Å². The molecule has 0 amide bonds. The van der Waals surface area contributed by atoms with Crippen molar-refractivity contribution in [3.8, 4) is 0 Å². The van der Waals surface area contributed by atoms with Gasteiger partial charge in [0.25, 0.3) is 0 Å². The summed E-state index contributed by atoms with van der Waals surface area (Å²) in [5, 5.41) is 3.41. The predicted octanol–water partition coefficient (Wildman–Crippen LogP) is 1.59. The summed E-state index contributed by atoms with van der Waals surface area (Å²) in [6.45, 7) is 6.43. The fraction of sp³-hybridized carbons (Fsp3) is 0.600. The molecule has 2 rings (SSSR count). The summed E-state index contributed by atoms with van der Waals surface area (Å²) < 4.78 is 5.01. The fourth-order valence-corrected chi connectivity index (χ4v) is 2.69. The molecule has 0 aromatic carbocycles. The third-order valence-electron chi connectivity index (χ3n) is 3.87. The molecule has 1 aliphatic heterocycles. The van der Waals surface area contributed by atoms with E-state index in [1.807, 2.05) is 0 Å². The van der Waals surface area contributed by atoms with Crippen LogP contribution in [0.25, 0.3) is 0 Å². The van der Waals surface area contributed by atoms with Crippen LogP contribution in [-0.4, -0.2) is 48.6 Å². The number of nitrogens with one attached hydrogen (secondary N) is 1. The minimum absolute atomic E-state index is 0.329. The average Bonchev–Trinajstić information content (AvgIpc) is 2.44. The van der Waals surface area contributed by atoms with Gasteiger partial charge in [-0.3, -0.25) is 0 Å². The van der Waals surface area contributed by atoms with Crippen LogP contribution in [0.15, 0.2) is 12.3 Å². The third kappa shape index (κ3) is 3.85. The lowest BCUT2D eigenvalue weighted by Gasteiger charge is -2.35. The van der Waals surface area contributed by atoms with Crippen molar-refractivity contribution < 1.29 is 9.53 Å². The molecule has 1 aromatic heterocycles. The van der Waals surface area contributed by atoms with Crippen molar-refractivity contribution in [3.63, 3.8) is 0 Å². The molecule has 0 bridgehead atoms. The first-order valence-electron chi connectivity index (χ1n) is 7.39. The van der Waals surface area contributed by atoms with E-state index in [0.29, 0.717) is 35.6 Å². The van der Waals surface area contributed by atoms with Crippen molar-refractivity contribution >= 4 is 17.5 Å². The molecule has 2 heterocycles. The van der Waals surface area contributed by atoms with E-state index in [1.54, 1.807) is 13.0 Å². The molecule has 3 N–H and O–H groups in total. The van der Waals surface area contributed by atoms with Gasteiger partial charge in [-0.05, 0) is 38.9 Å². The van der Waals surface area contributed by atoms with Gasteiger partial charge in [0.05, 0.1) is 24.1 Å². The van der Waals surface area contributed by atoms with E-state index in [2.05, 4.69) is 29.2 Å². The van der Waals surface area contributed by atoms with Gasteiger partial charge in [0.1, 0.15) is 5.82 Å². The van der Waals surface area contributed by atoms with Crippen LogP contribution in [0.5, 0.6) is 0 Å². The largest absolute Gasteiger partial charge is 0.462 e. The van der Waals surface area contributed by atoms with E-state index in [0.717, 1.165) is 19.5 Å². The zero-order valence-corrected chi connectivity index (χ0v) is 12.9. The summed E-state index contributed by atoms with van der Waals surface area (Å²) >= 11 is 0. The molecule has 6 heteroatoms. The summed E-state index contributed by atoms with van der Waals surface area (Å²) in [7, 11) is 2.13. The van der Waals surface area contributed by atoms with Crippen molar-refractivity contribution in [1.82, 2.24) is 9.88 Å². The van der Waals surface area contributed by atoms with Gasteiger partial charge in [-0.1, -0.05) is 6.92 Å². The highest BCUT2D eigenvalue weighted by molar-refractivity contribution is 5.95. The van der Waals surface area contributed by atoms with Gasteiger partial charge in [0, 0.05) is 12.6 Å². The van der Waals surface area contributed by atoms with Crippen LogP contribution in [0.4, 0.5) is 11.5 Å². The number of ether oxygens (including phenoxy) is 1. The zero-order chi connectivity index (χ0) is 15.4. The van der Waals surface area contributed by atoms with E-state index >= 15 is 0 Å². The molecular weight excluding hydrogens is 268 g/mol. The molecule has 21 heavy (non-hydrogen) atoms. The summed E-state index contributed by atoms with van der Waals surface area (Å²) in [6.07, 6.45) is 2.56. The number of carbonyl (C=O) groups excluding carboxylic acids is 1. The van der Waals surface area contributed by atoms with Crippen LogP contribution in [-0.2, 0) is 4.74 Å². The highest BCUT2D eigenvalue weighted by atomic mass is 16.5. The average molecular weight is 292 g/mol. The van der Waals surface area contributed by atoms with E-state index in [-0.39, 0.29) is 0 Å². The van der Waals surface area contributed by atoms with Crippen LogP contribution >= 0.6 is 0 Å². The number of carbonyl (C=O) groups is 1. The van der Waals surface area contributed by atoms with Crippen molar-refractivity contribution in [3.05, 3.63) is 17.8 Å². The normalized spacial score (nSPS) is 22.8. The van der Waals surface area contributed by atoms with Crippen LogP contribution in [0.1, 0.15) is 30.6 Å². The number of esters is 1. The zero-order valence-electron chi connectivity index (χ0n) is 12.9. The van der Waals surface area contributed by atoms with E-state index in [1.165, 1.54) is 6.20 Å². The first-order chi connectivity index (χ1) is 10.0. The first kappa shape index (κ1) is 15.6. The lowest BCUT2D eigenvalue weighted by molar-refractivity contribution is 0.0527. The van der Waals surface area contributed by atoms with E-state index < -0.39 is 5.97 Å². The van der Waals surface area contributed by atoms with Crippen molar-refractivity contribution in [2.75, 3.05) is 37.8 Å². The number of piperidine rings is 1. The number of hydrogen-bond donors (Lipinski definition) is 2. The van der Waals surface area contributed by atoms with Crippen molar-refractivity contribution in [1.29, 1.82) is 0 Å². The maximum Gasteiger partial charge on any atom is 0.340 e. The number of rotatable bonds is 4. The summed E-state index contributed by atoms with van der Waals surface area (Å²) in [5.41, 5.74) is 6.51. The van der Waals surface area contributed by atoms with Gasteiger partial charge in [0.15, 0.2) is 0 Å². The van der Waals surface area contributed by atoms with Crippen LogP contribution in [0.2, 0.25) is 0 Å². The van der Waals surface area contributed by atoms with Gasteiger partial charge in [-0.2, -0.15) is 0 Å². The lowest BCUT2D eigenvalue weighted by Crippen LogP contribution is -2.43. The highest BCUT2D eigenvalue weighted by Gasteiger charge is 2.24. The molecule has 0 radical (unpaired) electrons. The Balaban J connectivity index is 2.10. The monoisotopic (exact) mass is 292 g/mol. The molecule has 2 atom stereocenters. The Morgan fingerprint density at radius 2 is 2.38 bits per heavy atom. The third-order valence-corrected chi connectivity index (χ3v) is 3.87. The Kier molecular flexibility index (Phi) is 5.01. The Morgan fingerprint density at radius 1 is 1.62 bits per heavy atom. The maximum absolute atomic E-state index is 11.9. The number of aromatic nitrogens is 1. The number of hydrogen-bond acceptors (Lipinski definition) is 6. The Labute approximate surface area is 125 Å². The predicted molar refractivity (Wildman–Crippen MR) is 83.3 cm³/mol. The molecular formula is C15H24N4O2. The molecule has 0 aliphatic carbocycles. The quantitative estimate of drug-likeness (QED) is 0.820. The number of nitrogens with two attached hydrogens (primary N) is 1. The van der Waals surface area contributed by atoms with Gasteiger partial charge in [0.2, 0.25) is 0 Å². The minimum Gasteiger partial charge on any atom is -0.462 e. The number of pyridine rings is 1. The smallest absolute Gasteiger partial charge is 0.340 e. The molecule has 6 nitrogen and oxygen atoms in total. The molecule has 1 aliphatic rings. The van der Waals surface area contributed by atoms with E-state index in [9.17, 15) is 4.79 Å². The molecule has 1 saturated heterocycles. The topological polar surface area (TPSA) is 80.5 Å². The molecule has 2 unspecified atom stereocenters. The first-order valence-corrected chi connectivity index (χ1v) is 7.39. The van der Waals surface area contributed by atoms with Gasteiger partial charge in [-0.25, -0.2) is 9.78 Å². The molecule has 116 valence electrons. The Hall–Kier alpha value is -1.82. The van der Waals surface area contributed by atoms with Crippen molar-refractivity contribution in [2.45, 2.75) is 26.3 Å². The van der Waals surface area contributed by atoms with Crippen molar-refractivity contribution in [2.24, 2.45) is 5.92 Å².